The van der Waals surface area contributed by atoms with E-state index in [-0.39, 0.29) is 0 Å². The quantitative estimate of drug-likeness (QED) is 0.629. The van der Waals surface area contributed by atoms with Gasteiger partial charge in [-0.05, 0) is 34.8 Å². The predicted molar refractivity (Wildman–Crippen MR) is 75.2 cm³/mol. The van der Waals surface area contributed by atoms with Gasteiger partial charge in [0.1, 0.15) is 5.15 Å². The smallest absolute Gasteiger partial charge is 0.151 e. The van der Waals surface area contributed by atoms with Gasteiger partial charge in [-0.3, -0.25) is 4.40 Å². The molecule has 3 heterocycles. The molecule has 1 aliphatic carbocycles. The van der Waals surface area contributed by atoms with E-state index in [1.54, 1.807) is 6.20 Å². The summed E-state index contributed by atoms with van der Waals surface area (Å²) in [6.07, 6.45) is 6.42. The number of fused-ring (bicyclic) bond motifs is 3. The van der Waals surface area contributed by atoms with Crippen LogP contribution >= 0.6 is 27.5 Å². The Kier molecular flexibility index (Phi) is 2.20. The standard InChI is InChI=1S/C13H9BrClN3/c14-9-3-8-5-16-12(15)4-11(8)18-6-10(7-1-2-7)17-13(9)18/h3-7H,1-2H2. The second kappa shape index (κ2) is 3.68. The van der Waals surface area contributed by atoms with Gasteiger partial charge in [-0.2, -0.15) is 0 Å². The molecule has 0 aromatic carbocycles. The van der Waals surface area contributed by atoms with Crippen LogP contribution in [-0.4, -0.2) is 14.4 Å². The molecular weight excluding hydrogens is 314 g/mol. The number of aromatic nitrogens is 3. The lowest BCUT2D eigenvalue weighted by atomic mass is 10.2. The maximum atomic E-state index is 5.98. The number of hydrogen-bond donors (Lipinski definition) is 0. The molecule has 0 radical (unpaired) electrons. The average Bonchev–Trinajstić information content (AvgIpc) is 3.10. The molecule has 0 bridgehead atoms. The molecule has 0 saturated heterocycles. The van der Waals surface area contributed by atoms with Gasteiger partial charge in [0.15, 0.2) is 5.65 Å². The lowest BCUT2D eigenvalue weighted by molar-refractivity contribution is 1.06. The Morgan fingerprint density at radius 1 is 1.33 bits per heavy atom. The summed E-state index contributed by atoms with van der Waals surface area (Å²) in [5, 5.41) is 1.56. The molecule has 0 atom stereocenters. The van der Waals surface area contributed by atoms with Gasteiger partial charge in [0.25, 0.3) is 0 Å². The lowest BCUT2D eigenvalue weighted by Crippen LogP contribution is -1.89. The summed E-state index contributed by atoms with van der Waals surface area (Å²) in [4.78, 5) is 8.83. The Labute approximate surface area is 117 Å². The third-order valence-electron chi connectivity index (χ3n) is 3.35. The number of pyridine rings is 2. The van der Waals surface area contributed by atoms with Gasteiger partial charge in [0, 0.05) is 29.8 Å². The average molecular weight is 323 g/mol. The van der Waals surface area contributed by atoms with E-state index in [0.717, 1.165) is 21.0 Å². The lowest BCUT2D eigenvalue weighted by Gasteiger charge is -2.03. The first-order chi connectivity index (χ1) is 8.72. The first-order valence-electron chi connectivity index (χ1n) is 5.85. The predicted octanol–water partition coefficient (Wildman–Crippen LogP) is 4.18. The Hall–Kier alpha value is -1.13. The van der Waals surface area contributed by atoms with Gasteiger partial charge in [-0.1, -0.05) is 11.6 Å². The fourth-order valence-electron chi connectivity index (χ4n) is 2.28. The van der Waals surface area contributed by atoms with Crippen LogP contribution in [0.25, 0.3) is 16.6 Å². The van der Waals surface area contributed by atoms with E-state index in [1.165, 1.54) is 18.5 Å². The van der Waals surface area contributed by atoms with Crippen molar-refractivity contribution in [2.75, 3.05) is 0 Å². The summed E-state index contributed by atoms with van der Waals surface area (Å²) in [6.45, 7) is 0. The zero-order valence-electron chi connectivity index (χ0n) is 9.40. The number of nitrogens with zero attached hydrogens (tertiary/aromatic N) is 3. The van der Waals surface area contributed by atoms with Crippen LogP contribution in [0.15, 0.2) is 29.0 Å². The molecule has 1 aliphatic rings. The van der Waals surface area contributed by atoms with Crippen molar-refractivity contribution < 1.29 is 0 Å². The van der Waals surface area contributed by atoms with Crippen LogP contribution in [0.5, 0.6) is 0 Å². The van der Waals surface area contributed by atoms with Gasteiger partial charge < -0.3 is 0 Å². The minimum absolute atomic E-state index is 0.507. The van der Waals surface area contributed by atoms with Crippen molar-refractivity contribution in [1.29, 1.82) is 0 Å². The van der Waals surface area contributed by atoms with E-state index in [0.29, 0.717) is 11.1 Å². The van der Waals surface area contributed by atoms with Crippen molar-refractivity contribution >= 4 is 44.1 Å². The fraction of sp³-hybridized carbons (Fsp3) is 0.231. The van der Waals surface area contributed by atoms with Crippen LogP contribution in [-0.2, 0) is 0 Å². The van der Waals surface area contributed by atoms with E-state index in [1.807, 2.05) is 12.1 Å². The molecule has 3 aromatic heterocycles. The molecule has 0 amide bonds. The van der Waals surface area contributed by atoms with Gasteiger partial charge >= 0.3 is 0 Å². The highest BCUT2D eigenvalue weighted by atomic mass is 79.9. The van der Waals surface area contributed by atoms with Crippen LogP contribution in [0.4, 0.5) is 0 Å². The molecule has 0 N–H and O–H groups in total. The Morgan fingerprint density at radius 2 is 2.17 bits per heavy atom. The monoisotopic (exact) mass is 321 g/mol. The number of rotatable bonds is 1. The topological polar surface area (TPSA) is 30.2 Å². The third-order valence-corrected chi connectivity index (χ3v) is 4.14. The first-order valence-corrected chi connectivity index (χ1v) is 7.02. The zero-order chi connectivity index (χ0) is 12.3. The second-order valence-electron chi connectivity index (χ2n) is 4.69. The van der Waals surface area contributed by atoms with Crippen LogP contribution in [0.1, 0.15) is 24.5 Å². The van der Waals surface area contributed by atoms with E-state index in [9.17, 15) is 0 Å². The Bertz CT molecular complexity index is 777. The second-order valence-corrected chi connectivity index (χ2v) is 5.93. The molecule has 3 aromatic rings. The minimum Gasteiger partial charge on any atom is -0.298 e. The number of imidazole rings is 1. The Balaban J connectivity index is 2.14. The molecule has 0 spiro atoms. The highest BCUT2D eigenvalue weighted by Gasteiger charge is 2.26. The third kappa shape index (κ3) is 1.56. The summed E-state index contributed by atoms with van der Waals surface area (Å²) in [5.74, 6) is 0.643. The van der Waals surface area contributed by atoms with Crippen molar-refractivity contribution in [3.8, 4) is 0 Å². The van der Waals surface area contributed by atoms with Crippen molar-refractivity contribution in [1.82, 2.24) is 14.4 Å². The molecule has 5 heteroatoms. The number of hydrogen-bond acceptors (Lipinski definition) is 2. The van der Waals surface area contributed by atoms with Crippen molar-refractivity contribution in [3.05, 3.63) is 39.8 Å². The molecule has 0 unspecified atom stereocenters. The summed E-state index contributed by atoms with van der Waals surface area (Å²) >= 11 is 9.56. The Morgan fingerprint density at radius 3 is 2.94 bits per heavy atom. The maximum absolute atomic E-state index is 5.98. The molecule has 18 heavy (non-hydrogen) atoms. The molecule has 90 valence electrons. The summed E-state index contributed by atoms with van der Waals surface area (Å²) in [7, 11) is 0. The SMILES string of the molecule is Clc1cc2c(cn1)cc(Br)c1nc(C3CC3)cn12. The minimum atomic E-state index is 0.507. The van der Waals surface area contributed by atoms with Gasteiger partial charge in [-0.25, -0.2) is 9.97 Å². The molecular formula is C13H9BrClN3. The van der Waals surface area contributed by atoms with Crippen LogP contribution < -0.4 is 0 Å². The van der Waals surface area contributed by atoms with Gasteiger partial charge in [0.05, 0.1) is 15.7 Å². The van der Waals surface area contributed by atoms with Crippen LogP contribution in [0, 0.1) is 0 Å². The molecule has 0 aliphatic heterocycles. The van der Waals surface area contributed by atoms with Crippen LogP contribution in [0.3, 0.4) is 0 Å². The normalized spacial score (nSPS) is 15.7. The summed E-state index contributed by atoms with van der Waals surface area (Å²) in [5.41, 5.74) is 3.18. The van der Waals surface area contributed by atoms with Crippen molar-refractivity contribution in [2.45, 2.75) is 18.8 Å². The summed E-state index contributed by atoms with van der Waals surface area (Å²) < 4.78 is 3.09. The fourth-order valence-corrected chi connectivity index (χ4v) is 2.96. The number of halogens is 2. The molecule has 3 nitrogen and oxygen atoms in total. The van der Waals surface area contributed by atoms with E-state index in [2.05, 4.69) is 31.5 Å². The van der Waals surface area contributed by atoms with Crippen molar-refractivity contribution in [3.63, 3.8) is 0 Å². The molecule has 1 fully saturated rings. The van der Waals surface area contributed by atoms with E-state index in [4.69, 9.17) is 16.6 Å². The molecule has 4 rings (SSSR count). The highest BCUT2D eigenvalue weighted by molar-refractivity contribution is 9.10. The van der Waals surface area contributed by atoms with E-state index >= 15 is 0 Å². The zero-order valence-corrected chi connectivity index (χ0v) is 11.7. The summed E-state index contributed by atoms with van der Waals surface area (Å²) in [6, 6.07) is 3.92. The highest BCUT2D eigenvalue weighted by Crippen LogP contribution is 2.40. The van der Waals surface area contributed by atoms with Gasteiger partial charge in [0.2, 0.25) is 0 Å². The largest absolute Gasteiger partial charge is 0.298 e. The van der Waals surface area contributed by atoms with Crippen molar-refractivity contribution in [2.24, 2.45) is 0 Å². The van der Waals surface area contributed by atoms with Gasteiger partial charge in [-0.15, -0.1) is 0 Å². The molecule has 1 saturated carbocycles. The van der Waals surface area contributed by atoms with E-state index < -0.39 is 0 Å². The first kappa shape index (κ1) is 10.8. The van der Waals surface area contributed by atoms with Crippen LogP contribution in [0.2, 0.25) is 5.15 Å². The maximum Gasteiger partial charge on any atom is 0.151 e.